The molecule has 0 radical (unpaired) electrons. The highest BCUT2D eigenvalue weighted by Crippen LogP contribution is 2.46. The molecule has 4 atom stereocenters. The van der Waals surface area contributed by atoms with Crippen molar-refractivity contribution in [3.05, 3.63) is 34.4 Å². The van der Waals surface area contributed by atoms with E-state index in [4.69, 9.17) is 5.73 Å². The second-order valence-corrected chi connectivity index (χ2v) is 7.72. The molecule has 0 heterocycles. The van der Waals surface area contributed by atoms with Gasteiger partial charge in [-0.05, 0) is 74.5 Å². The first-order chi connectivity index (χ1) is 10.1. The van der Waals surface area contributed by atoms with Crippen molar-refractivity contribution in [3.63, 3.8) is 0 Å². The van der Waals surface area contributed by atoms with Crippen LogP contribution in [0.15, 0.2) is 12.1 Å². The van der Waals surface area contributed by atoms with Crippen LogP contribution in [0.4, 0.5) is 0 Å². The van der Waals surface area contributed by atoms with Crippen LogP contribution < -0.4 is 5.73 Å². The Balaban J connectivity index is 1.78. The maximum absolute atomic E-state index is 6.74. The fourth-order valence-electron chi connectivity index (χ4n) is 5.19. The van der Waals surface area contributed by atoms with Gasteiger partial charge >= 0.3 is 0 Å². The minimum absolute atomic E-state index is 0.244. The number of aryl methyl sites for hydroxylation is 3. The first-order valence-corrected chi connectivity index (χ1v) is 8.89. The molecule has 1 aromatic carbocycles. The third-order valence-corrected chi connectivity index (χ3v) is 6.16. The van der Waals surface area contributed by atoms with Crippen molar-refractivity contribution in [1.82, 2.24) is 0 Å². The fourth-order valence-corrected chi connectivity index (χ4v) is 5.19. The number of hydrogen-bond donors (Lipinski definition) is 1. The van der Waals surface area contributed by atoms with Gasteiger partial charge in [0.25, 0.3) is 0 Å². The zero-order valence-corrected chi connectivity index (χ0v) is 14.0. The Labute approximate surface area is 130 Å². The molecule has 116 valence electrons. The summed E-state index contributed by atoms with van der Waals surface area (Å²) in [4.78, 5) is 0. The Morgan fingerprint density at radius 1 is 0.905 bits per heavy atom. The lowest BCUT2D eigenvalue weighted by Crippen LogP contribution is -2.33. The summed E-state index contributed by atoms with van der Waals surface area (Å²) in [6.45, 7) is 6.66. The van der Waals surface area contributed by atoms with Gasteiger partial charge in [-0.15, -0.1) is 0 Å². The monoisotopic (exact) mass is 285 g/mol. The molecule has 0 bridgehead atoms. The summed E-state index contributed by atoms with van der Waals surface area (Å²) < 4.78 is 0. The third kappa shape index (κ3) is 3.04. The van der Waals surface area contributed by atoms with Crippen LogP contribution in [0.5, 0.6) is 0 Å². The molecular weight excluding hydrogens is 254 g/mol. The Morgan fingerprint density at radius 3 is 2.19 bits per heavy atom. The summed E-state index contributed by atoms with van der Waals surface area (Å²) in [7, 11) is 0. The Hall–Kier alpha value is -0.820. The number of nitrogens with two attached hydrogens (primary N) is 1. The number of hydrogen-bond acceptors (Lipinski definition) is 1. The van der Waals surface area contributed by atoms with Crippen molar-refractivity contribution in [2.45, 2.75) is 71.8 Å². The maximum Gasteiger partial charge on any atom is 0.0328 e. The van der Waals surface area contributed by atoms with Crippen molar-refractivity contribution in [2.75, 3.05) is 0 Å². The molecular formula is C20H31N. The molecule has 21 heavy (non-hydrogen) atoms. The van der Waals surface area contributed by atoms with E-state index in [1.807, 2.05) is 0 Å². The summed E-state index contributed by atoms with van der Waals surface area (Å²) in [6.07, 6.45) is 10.00. The van der Waals surface area contributed by atoms with Gasteiger partial charge in [0.15, 0.2) is 0 Å². The van der Waals surface area contributed by atoms with Gasteiger partial charge in [-0.3, -0.25) is 0 Å². The highest BCUT2D eigenvalue weighted by molar-refractivity contribution is 5.39. The quantitative estimate of drug-likeness (QED) is 0.792. The highest BCUT2D eigenvalue weighted by atomic mass is 14.7. The van der Waals surface area contributed by atoms with Crippen LogP contribution in [0.25, 0.3) is 0 Å². The smallest absolute Gasteiger partial charge is 0.0328 e. The second kappa shape index (κ2) is 6.12. The van der Waals surface area contributed by atoms with Gasteiger partial charge < -0.3 is 5.73 Å². The van der Waals surface area contributed by atoms with E-state index in [1.165, 1.54) is 67.2 Å². The lowest BCUT2D eigenvalue weighted by atomic mass is 9.65. The van der Waals surface area contributed by atoms with Gasteiger partial charge in [-0.1, -0.05) is 43.4 Å². The number of benzene rings is 1. The van der Waals surface area contributed by atoms with Crippen molar-refractivity contribution >= 4 is 0 Å². The molecule has 4 unspecified atom stereocenters. The van der Waals surface area contributed by atoms with Gasteiger partial charge in [0.2, 0.25) is 0 Å². The molecule has 0 spiro atoms. The van der Waals surface area contributed by atoms with E-state index in [9.17, 15) is 0 Å². The zero-order chi connectivity index (χ0) is 15.0. The fraction of sp³-hybridized carbons (Fsp3) is 0.700. The summed E-state index contributed by atoms with van der Waals surface area (Å²) >= 11 is 0. The van der Waals surface area contributed by atoms with E-state index in [0.29, 0.717) is 5.92 Å². The largest absolute Gasteiger partial charge is 0.324 e. The van der Waals surface area contributed by atoms with Gasteiger partial charge in [0, 0.05) is 6.04 Å². The van der Waals surface area contributed by atoms with Gasteiger partial charge in [0.05, 0.1) is 0 Å². The maximum atomic E-state index is 6.74. The van der Waals surface area contributed by atoms with Gasteiger partial charge in [0.1, 0.15) is 0 Å². The average molecular weight is 285 g/mol. The summed E-state index contributed by atoms with van der Waals surface area (Å²) in [5.41, 5.74) is 12.3. The second-order valence-electron chi connectivity index (χ2n) is 7.72. The molecule has 2 N–H and O–H groups in total. The highest BCUT2D eigenvalue weighted by Gasteiger charge is 2.35. The van der Waals surface area contributed by atoms with Crippen LogP contribution in [0.1, 0.15) is 73.2 Å². The molecule has 0 aliphatic heterocycles. The predicted molar refractivity (Wildman–Crippen MR) is 90.4 cm³/mol. The van der Waals surface area contributed by atoms with E-state index in [2.05, 4.69) is 32.9 Å². The van der Waals surface area contributed by atoms with E-state index in [0.717, 1.165) is 11.8 Å². The van der Waals surface area contributed by atoms with Crippen LogP contribution in [-0.2, 0) is 0 Å². The molecule has 2 aliphatic rings. The molecule has 0 amide bonds. The van der Waals surface area contributed by atoms with Crippen molar-refractivity contribution in [3.8, 4) is 0 Å². The summed E-state index contributed by atoms with van der Waals surface area (Å²) in [6, 6.07) is 4.84. The lowest BCUT2D eigenvalue weighted by molar-refractivity contribution is 0.117. The van der Waals surface area contributed by atoms with Crippen molar-refractivity contribution in [2.24, 2.45) is 23.5 Å². The Morgan fingerprint density at radius 2 is 1.52 bits per heavy atom. The van der Waals surface area contributed by atoms with Crippen LogP contribution in [-0.4, -0.2) is 0 Å². The SMILES string of the molecule is Cc1cc(C)c(C(N)C2CCC3CCCCC3C2)c(C)c1. The average Bonchev–Trinajstić information content (AvgIpc) is 2.45. The van der Waals surface area contributed by atoms with Crippen molar-refractivity contribution < 1.29 is 0 Å². The molecule has 0 aromatic heterocycles. The van der Waals surface area contributed by atoms with Gasteiger partial charge in [-0.2, -0.15) is 0 Å². The van der Waals surface area contributed by atoms with E-state index < -0.39 is 0 Å². The molecule has 1 nitrogen and oxygen atoms in total. The molecule has 1 heteroatoms. The first-order valence-electron chi connectivity index (χ1n) is 8.89. The van der Waals surface area contributed by atoms with Crippen LogP contribution in [0.3, 0.4) is 0 Å². The van der Waals surface area contributed by atoms with Crippen molar-refractivity contribution in [1.29, 1.82) is 0 Å². The molecule has 3 rings (SSSR count). The molecule has 2 aliphatic carbocycles. The normalized spacial score (nSPS) is 30.8. The Kier molecular flexibility index (Phi) is 4.40. The minimum atomic E-state index is 0.244. The van der Waals surface area contributed by atoms with Gasteiger partial charge in [-0.25, -0.2) is 0 Å². The van der Waals surface area contributed by atoms with Crippen LogP contribution in [0.2, 0.25) is 0 Å². The minimum Gasteiger partial charge on any atom is -0.324 e. The standard InChI is InChI=1S/C20H31N/c1-13-10-14(2)19(15(3)11-13)20(21)18-9-8-16-6-4-5-7-17(16)12-18/h10-11,16-18,20H,4-9,12,21H2,1-3H3. The number of rotatable bonds is 2. The summed E-state index contributed by atoms with van der Waals surface area (Å²) in [5.74, 6) is 2.68. The molecule has 2 saturated carbocycles. The number of fused-ring (bicyclic) bond motifs is 1. The van der Waals surface area contributed by atoms with Crippen LogP contribution >= 0.6 is 0 Å². The van der Waals surface area contributed by atoms with E-state index in [1.54, 1.807) is 0 Å². The molecule has 1 aromatic rings. The Bertz CT molecular complexity index is 482. The lowest BCUT2D eigenvalue weighted by Gasteiger charge is -2.41. The summed E-state index contributed by atoms with van der Waals surface area (Å²) in [5, 5.41) is 0. The first kappa shape index (κ1) is 15.1. The molecule has 0 saturated heterocycles. The van der Waals surface area contributed by atoms with E-state index >= 15 is 0 Å². The molecule has 2 fully saturated rings. The topological polar surface area (TPSA) is 26.0 Å². The van der Waals surface area contributed by atoms with Crippen LogP contribution in [0, 0.1) is 38.5 Å². The van der Waals surface area contributed by atoms with E-state index in [-0.39, 0.29) is 6.04 Å². The predicted octanol–water partition coefficient (Wildman–Crippen LogP) is 5.22. The zero-order valence-electron chi connectivity index (χ0n) is 14.0. The third-order valence-electron chi connectivity index (χ3n) is 6.16.